The van der Waals surface area contributed by atoms with E-state index in [4.69, 9.17) is 9.72 Å². The maximum Gasteiger partial charge on any atom is 0.311 e. The number of aryl methyl sites for hydroxylation is 2. The number of anilines is 1. The number of piperidine rings is 1. The number of nitrogens with one attached hydrogen (secondary N) is 1. The minimum Gasteiger partial charge on any atom is -0.493 e. The number of benzene rings is 1. The van der Waals surface area contributed by atoms with E-state index in [-0.39, 0.29) is 17.2 Å². The molecule has 0 aliphatic carbocycles. The molecule has 1 aromatic carbocycles. The Morgan fingerprint density at radius 3 is 2.80 bits per heavy atom. The minimum atomic E-state index is -0.852. The van der Waals surface area contributed by atoms with Gasteiger partial charge in [-0.2, -0.15) is 0 Å². The molecule has 2 N–H and O–H groups in total. The second-order valence-corrected chi connectivity index (χ2v) is 12.9. The lowest BCUT2D eigenvalue weighted by Crippen LogP contribution is -2.38. The summed E-state index contributed by atoms with van der Waals surface area (Å²) < 4.78 is 21.7. The molecule has 1 atom stereocenters. The van der Waals surface area contributed by atoms with Crippen molar-refractivity contribution in [2.45, 2.75) is 90.9 Å². The summed E-state index contributed by atoms with van der Waals surface area (Å²) in [5, 5.41) is 13.7. The fourth-order valence-electron chi connectivity index (χ4n) is 6.89. The van der Waals surface area contributed by atoms with Gasteiger partial charge < -0.3 is 20.1 Å². The van der Waals surface area contributed by atoms with E-state index in [1.54, 1.807) is 0 Å². The molecule has 5 rings (SSSR count). The smallest absolute Gasteiger partial charge is 0.311 e. The number of fused-ring (bicyclic) bond motifs is 2. The van der Waals surface area contributed by atoms with Crippen molar-refractivity contribution in [1.82, 2.24) is 9.88 Å². The van der Waals surface area contributed by atoms with Crippen molar-refractivity contribution in [3.63, 3.8) is 0 Å². The maximum absolute atomic E-state index is 15.7. The Balaban J connectivity index is 1.14. The van der Waals surface area contributed by atoms with Crippen LogP contribution in [0.2, 0.25) is 0 Å². The molecule has 0 amide bonds. The molecule has 0 unspecified atom stereocenters. The normalized spacial score (nSPS) is 19.7. The highest BCUT2D eigenvalue weighted by atomic mass is 19.1. The van der Waals surface area contributed by atoms with Crippen LogP contribution in [0.4, 0.5) is 10.2 Å². The van der Waals surface area contributed by atoms with Crippen LogP contribution in [0.25, 0.3) is 0 Å². The molecule has 3 aliphatic heterocycles. The average molecular weight is 552 g/mol. The Bertz CT molecular complexity index is 1210. The van der Waals surface area contributed by atoms with Crippen LogP contribution in [-0.4, -0.2) is 53.7 Å². The monoisotopic (exact) mass is 551 g/mol. The fraction of sp³-hybridized carbons (Fsp3) is 0.636. The van der Waals surface area contributed by atoms with Crippen molar-refractivity contribution < 1.29 is 19.0 Å². The van der Waals surface area contributed by atoms with Crippen molar-refractivity contribution >= 4 is 11.8 Å². The van der Waals surface area contributed by atoms with E-state index < -0.39 is 11.9 Å². The third kappa shape index (κ3) is 6.45. The second-order valence-electron chi connectivity index (χ2n) is 12.9. The van der Waals surface area contributed by atoms with Gasteiger partial charge in [-0.1, -0.05) is 33.3 Å². The summed E-state index contributed by atoms with van der Waals surface area (Å²) in [4.78, 5) is 19.9. The number of carboxylic acid groups (broad SMARTS) is 1. The van der Waals surface area contributed by atoms with Crippen LogP contribution >= 0.6 is 0 Å². The minimum absolute atomic E-state index is 0.000208. The molecule has 0 saturated carbocycles. The standard InChI is InChI=1S/C33H46FN3O3/c1-4-25-26(19-28-27(30(25)34)20-33(2,3)21-40-28)29(32(38)39)22-13-17-37(18-14-22)16-7-5-6-10-24-12-11-23-9-8-15-35-31(23)36-24/h11-12,19,22,29H,4-10,13-18,20-21H2,1-3H3,(H,35,36)(H,38,39)/t29-/m0/s1. The van der Waals surface area contributed by atoms with Gasteiger partial charge in [-0.3, -0.25) is 4.79 Å². The van der Waals surface area contributed by atoms with Gasteiger partial charge in [-0.05, 0) is 112 Å². The van der Waals surface area contributed by atoms with Crippen LogP contribution < -0.4 is 10.1 Å². The highest BCUT2D eigenvalue weighted by Crippen LogP contribution is 2.43. The number of carbonyl (C=O) groups is 1. The third-order valence-corrected chi connectivity index (χ3v) is 9.15. The molecule has 0 bridgehead atoms. The maximum atomic E-state index is 15.7. The first-order valence-corrected chi connectivity index (χ1v) is 15.4. The van der Waals surface area contributed by atoms with Crippen molar-refractivity contribution in [2.75, 3.05) is 38.1 Å². The number of hydrogen-bond donors (Lipinski definition) is 2. The summed E-state index contributed by atoms with van der Waals surface area (Å²) in [6, 6.07) is 6.26. The molecule has 4 heterocycles. The molecule has 1 aromatic heterocycles. The largest absolute Gasteiger partial charge is 0.493 e. The molecule has 6 nitrogen and oxygen atoms in total. The Hall–Kier alpha value is -2.67. The first kappa shape index (κ1) is 28.8. The third-order valence-electron chi connectivity index (χ3n) is 9.15. The van der Waals surface area contributed by atoms with E-state index in [0.717, 1.165) is 76.9 Å². The van der Waals surface area contributed by atoms with Gasteiger partial charge in [0.15, 0.2) is 0 Å². The predicted octanol–water partition coefficient (Wildman–Crippen LogP) is 6.40. The van der Waals surface area contributed by atoms with Gasteiger partial charge >= 0.3 is 5.97 Å². The van der Waals surface area contributed by atoms with Crippen LogP contribution in [0.5, 0.6) is 5.75 Å². The van der Waals surface area contributed by atoms with Gasteiger partial charge in [-0.25, -0.2) is 9.37 Å². The van der Waals surface area contributed by atoms with E-state index in [0.29, 0.717) is 41.9 Å². The molecular weight excluding hydrogens is 505 g/mol. The van der Waals surface area contributed by atoms with Crippen molar-refractivity contribution in [3.05, 3.63) is 52.0 Å². The van der Waals surface area contributed by atoms with E-state index >= 15 is 4.39 Å². The van der Waals surface area contributed by atoms with Crippen LogP contribution in [-0.2, 0) is 30.5 Å². The summed E-state index contributed by atoms with van der Waals surface area (Å²) in [5.41, 5.74) is 4.16. The number of carboxylic acids is 1. The number of unbranched alkanes of at least 4 members (excludes halogenated alkanes) is 2. The number of likely N-dealkylation sites (tertiary alicyclic amines) is 1. The molecule has 0 radical (unpaired) electrons. The number of hydrogen-bond acceptors (Lipinski definition) is 5. The van der Waals surface area contributed by atoms with E-state index in [1.165, 1.54) is 17.7 Å². The second kappa shape index (κ2) is 12.5. The number of aromatic nitrogens is 1. The van der Waals surface area contributed by atoms with E-state index in [2.05, 4.69) is 36.2 Å². The zero-order chi connectivity index (χ0) is 28.3. The first-order chi connectivity index (χ1) is 19.3. The highest BCUT2D eigenvalue weighted by molar-refractivity contribution is 5.77. The predicted molar refractivity (Wildman–Crippen MR) is 157 cm³/mol. The molecule has 1 saturated heterocycles. The molecule has 218 valence electrons. The van der Waals surface area contributed by atoms with Crippen molar-refractivity contribution in [3.8, 4) is 5.75 Å². The SMILES string of the molecule is CCc1c([C@@H](C(=O)O)C2CCN(CCCCCc3ccc4c(n3)NCCC4)CC2)cc2c(c1F)CC(C)(C)CO2. The summed E-state index contributed by atoms with van der Waals surface area (Å²) in [7, 11) is 0. The molecule has 7 heteroatoms. The summed E-state index contributed by atoms with van der Waals surface area (Å²) >= 11 is 0. The molecule has 1 fully saturated rings. The Morgan fingerprint density at radius 1 is 1.25 bits per heavy atom. The first-order valence-electron chi connectivity index (χ1n) is 15.4. The van der Waals surface area contributed by atoms with Gasteiger partial charge in [0.25, 0.3) is 0 Å². The van der Waals surface area contributed by atoms with E-state index in [1.807, 2.05) is 13.0 Å². The zero-order valence-corrected chi connectivity index (χ0v) is 24.5. The van der Waals surface area contributed by atoms with Crippen LogP contribution in [0.15, 0.2) is 18.2 Å². The van der Waals surface area contributed by atoms with Gasteiger partial charge in [-0.15, -0.1) is 0 Å². The molecule has 3 aliphatic rings. The summed E-state index contributed by atoms with van der Waals surface area (Å²) in [6.07, 6.45) is 9.47. The molecular formula is C33H46FN3O3. The molecule has 2 aromatic rings. The topological polar surface area (TPSA) is 74.7 Å². The number of halogens is 1. The van der Waals surface area contributed by atoms with Gasteiger partial charge in [0.1, 0.15) is 17.4 Å². The van der Waals surface area contributed by atoms with Crippen molar-refractivity contribution in [1.29, 1.82) is 0 Å². The van der Waals surface area contributed by atoms with Gasteiger partial charge in [0, 0.05) is 23.2 Å². The van der Waals surface area contributed by atoms with E-state index in [9.17, 15) is 9.90 Å². The van der Waals surface area contributed by atoms with Gasteiger partial charge in [0.2, 0.25) is 0 Å². The van der Waals surface area contributed by atoms with Crippen LogP contribution in [0.3, 0.4) is 0 Å². The lowest BCUT2D eigenvalue weighted by Gasteiger charge is -2.37. The summed E-state index contributed by atoms with van der Waals surface area (Å²) in [6.45, 7) is 10.4. The Morgan fingerprint density at radius 2 is 2.05 bits per heavy atom. The highest BCUT2D eigenvalue weighted by Gasteiger charge is 2.37. The van der Waals surface area contributed by atoms with Crippen molar-refractivity contribution in [2.24, 2.45) is 11.3 Å². The Kier molecular flexibility index (Phi) is 8.98. The lowest BCUT2D eigenvalue weighted by molar-refractivity contribution is -0.140. The van der Waals surface area contributed by atoms with Crippen LogP contribution in [0, 0.1) is 17.2 Å². The number of ether oxygens (including phenoxy) is 1. The number of aliphatic carboxylic acids is 1. The fourth-order valence-corrected chi connectivity index (χ4v) is 6.89. The van der Waals surface area contributed by atoms with Gasteiger partial charge in [0.05, 0.1) is 12.5 Å². The lowest BCUT2D eigenvalue weighted by atomic mass is 9.76. The average Bonchev–Trinajstić information content (AvgIpc) is 2.94. The van der Waals surface area contributed by atoms with Crippen LogP contribution in [0.1, 0.15) is 93.2 Å². The number of pyridine rings is 1. The number of nitrogens with zero attached hydrogens (tertiary/aromatic N) is 2. The molecule has 0 spiro atoms. The zero-order valence-electron chi connectivity index (χ0n) is 24.5. The summed E-state index contributed by atoms with van der Waals surface area (Å²) in [5.74, 6) is -0.196. The quantitative estimate of drug-likeness (QED) is 0.333. The Labute approximate surface area is 238 Å². The number of rotatable bonds is 10. The molecule has 40 heavy (non-hydrogen) atoms.